The number of hydrogen-bond donors (Lipinski definition) is 0. The largest absolute Gasteiger partial charge is 0.486 e. The molecule has 0 bridgehead atoms. The first-order valence-corrected chi connectivity index (χ1v) is 7.14. The summed E-state index contributed by atoms with van der Waals surface area (Å²) in [5.41, 5.74) is 1.35. The predicted molar refractivity (Wildman–Crippen MR) is 81.4 cm³/mol. The second kappa shape index (κ2) is 7.23. The molecule has 0 fully saturated rings. The van der Waals surface area contributed by atoms with Crippen molar-refractivity contribution in [3.05, 3.63) is 64.4 Å². The minimum atomic E-state index is -0.370. The highest BCUT2D eigenvalue weighted by Gasteiger charge is 2.09. The molecule has 0 heterocycles. The van der Waals surface area contributed by atoms with Crippen LogP contribution in [0.3, 0.4) is 0 Å². The zero-order chi connectivity index (χ0) is 15.2. The molecule has 0 aliphatic rings. The molecule has 4 heteroatoms. The Kier molecular flexibility index (Phi) is 5.34. The van der Waals surface area contributed by atoms with Crippen LogP contribution in [0, 0.1) is 5.82 Å². The summed E-state index contributed by atoms with van der Waals surface area (Å²) < 4.78 is 18.9. The van der Waals surface area contributed by atoms with E-state index >= 15 is 0 Å². The third kappa shape index (κ3) is 4.30. The van der Waals surface area contributed by atoms with E-state index in [1.165, 1.54) is 6.07 Å². The summed E-state index contributed by atoms with van der Waals surface area (Å²) in [5.74, 6) is 0.0526. The van der Waals surface area contributed by atoms with Gasteiger partial charge in [-0.3, -0.25) is 4.79 Å². The van der Waals surface area contributed by atoms with E-state index in [4.69, 9.17) is 16.3 Å². The highest BCUT2D eigenvalue weighted by atomic mass is 35.5. The van der Waals surface area contributed by atoms with Crippen molar-refractivity contribution in [3.63, 3.8) is 0 Å². The molecule has 0 saturated heterocycles. The maximum Gasteiger partial charge on any atom is 0.174 e. The van der Waals surface area contributed by atoms with Crippen LogP contribution in [-0.4, -0.2) is 12.4 Å². The van der Waals surface area contributed by atoms with Gasteiger partial charge in [0.1, 0.15) is 18.2 Å². The number of hydrogen-bond acceptors (Lipinski definition) is 2. The van der Waals surface area contributed by atoms with E-state index < -0.39 is 0 Å². The minimum absolute atomic E-state index is 0.0287. The van der Waals surface area contributed by atoms with Crippen molar-refractivity contribution in [2.24, 2.45) is 0 Å². The standard InChI is InChI=1S/C17H16ClFO2/c1-2-12-10-15(7-8-16(12)18)21-11-14(20)9-13-5-3-4-6-17(13)19/h3-8,10H,2,9,11H2,1H3. The van der Waals surface area contributed by atoms with Gasteiger partial charge in [-0.1, -0.05) is 36.7 Å². The van der Waals surface area contributed by atoms with Crippen LogP contribution in [0.25, 0.3) is 0 Å². The Bertz CT molecular complexity index is 640. The summed E-state index contributed by atoms with van der Waals surface area (Å²) in [6.45, 7) is 1.91. The molecule has 2 nitrogen and oxygen atoms in total. The van der Waals surface area contributed by atoms with E-state index in [1.807, 2.05) is 13.0 Å². The van der Waals surface area contributed by atoms with Gasteiger partial charge in [0.15, 0.2) is 5.78 Å². The molecule has 110 valence electrons. The maximum absolute atomic E-state index is 13.4. The van der Waals surface area contributed by atoms with Gasteiger partial charge in [-0.15, -0.1) is 0 Å². The van der Waals surface area contributed by atoms with Gasteiger partial charge in [0.2, 0.25) is 0 Å². The Morgan fingerprint density at radius 1 is 1.19 bits per heavy atom. The molecule has 2 aromatic carbocycles. The van der Waals surface area contributed by atoms with Gasteiger partial charge in [0.05, 0.1) is 0 Å². The van der Waals surface area contributed by atoms with Crippen LogP contribution in [0.4, 0.5) is 4.39 Å². The molecule has 0 unspecified atom stereocenters. The van der Waals surface area contributed by atoms with E-state index in [-0.39, 0.29) is 24.6 Å². The topological polar surface area (TPSA) is 26.3 Å². The number of benzene rings is 2. The van der Waals surface area contributed by atoms with Crippen molar-refractivity contribution in [2.75, 3.05) is 6.61 Å². The molecule has 0 amide bonds. The SMILES string of the molecule is CCc1cc(OCC(=O)Cc2ccccc2F)ccc1Cl. The molecule has 0 saturated carbocycles. The third-order valence-corrected chi connectivity index (χ3v) is 3.51. The summed E-state index contributed by atoms with van der Waals surface area (Å²) in [6.07, 6.45) is 0.820. The van der Waals surface area contributed by atoms with Gasteiger partial charge in [-0.25, -0.2) is 4.39 Å². The van der Waals surface area contributed by atoms with Crippen molar-refractivity contribution in [1.82, 2.24) is 0 Å². The number of rotatable bonds is 6. The lowest BCUT2D eigenvalue weighted by Gasteiger charge is -2.08. The lowest BCUT2D eigenvalue weighted by atomic mass is 10.1. The molecule has 0 radical (unpaired) electrons. The quantitative estimate of drug-likeness (QED) is 0.798. The Morgan fingerprint density at radius 2 is 1.95 bits per heavy atom. The summed E-state index contributed by atoms with van der Waals surface area (Å²) in [4.78, 5) is 11.8. The summed E-state index contributed by atoms with van der Waals surface area (Å²) in [6, 6.07) is 11.5. The van der Waals surface area contributed by atoms with Crippen LogP contribution in [0.1, 0.15) is 18.1 Å². The van der Waals surface area contributed by atoms with Crippen LogP contribution in [0.5, 0.6) is 5.75 Å². The van der Waals surface area contributed by atoms with Crippen molar-refractivity contribution in [3.8, 4) is 5.75 Å². The predicted octanol–water partition coefficient (Wildman–Crippen LogP) is 4.23. The monoisotopic (exact) mass is 306 g/mol. The molecular formula is C17H16ClFO2. The van der Waals surface area contributed by atoms with E-state index in [2.05, 4.69) is 0 Å². The number of ether oxygens (including phenoxy) is 1. The molecule has 2 rings (SSSR count). The van der Waals surface area contributed by atoms with Crippen molar-refractivity contribution < 1.29 is 13.9 Å². The fourth-order valence-corrected chi connectivity index (χ4v) is 2.23. The number of aryl methyl sites for hydroxylation is 1. The lowest BCUT2D eigenvalue weighted by molar-refractivity contribution is -0.120. The summed E-state index contributed by atoms with van der Waals surface area (Å²) in [5, 5.41) is 0.683. The molecule has 0 spiro atoms. The maximum atomic E-state index is 13.4. The number of carbonyl (C=O) groups is 1. The zero-order valence-corrected chi connectivity index (χ0v) is 12.5. The Morgan fingerprint density at radius 3 is 2.67 bits per heavy atom. The fourth-order valence-electron chi connectivity index (χ4n) is 1.98. The second-order valence-corrected chi connectivity index (χ2v) is 5.11. The van der Waals surface area contributed by atoms with E-state index in [0.717, 1.165) is 12.0 Å². The zero-order valence-electron chi connectivity index (χ0n) is 11.7. The van der Waals surface area contributed by atoms with Gasteiger partial charge in [0.25, 0.3) is 0 Å². The highest BCUT2D eigenvalue weighted by Crippen LogP contribution is 2.22. The van der Waals surface area contributed by atoms with Crippen LogP contribution in [0.2, 0.25) is 5.02 Å². The third-order valence-electron chi connectivity index (χ3n) is 3.14. The van der Waals surface area contributed by atoms with Crippen molar-refractivity contribution in [2.45, 2.75) is 19.8 Å². The smallest absolute Gasteiger partial charge is 0.174 e. The molecular weight excluding hydrogens is 291 g/mol. The van der Waals surface area contributed by atoms with Gasteiger partial charge in [-0.05, 0) is 41.8 Å². The first-order valence-electron chi connectivity index (χ1n) is 6.76. The van der Waals surface area contributed by atoms with Crippen LogP contribution < -0.4 is 4.74 Å². The lowest BCUT2D eigenvalue weighted by Crippen LogP contribution is -2.14. The normalized spacial score (nSPS) is 10.4. The molecule has 2 aromatic rings. The average Bonchev–Trinajstić information content (AvgIpc) is 2.49. The van der Waals surface area contributed by atoms with Crippen LogP contribution in [-0.2, 0) is 17.6 Å². The van der Waals surface area contributed by atoms with Crippen LogP contribution >= 0.6 is 11.6 Å². The molecule has 0 aromatic heterocycles. The first-order chi connectivity index (χ1) is 10.1. The Hall–Kier alpha value is -1.87. The van der Waals surface area contributed by atoms with Gasteiger partial charge in [0, 0.05) is 11.4 Å². The number of ketones is 1. The van der Waals surface area contributed by atoms with Crippen LogP contribution in [0.15, 0.2) is 42.5 Å². The molecule has 0 aliphatic heterocycles. The molecule has 0 N–H and O–H groups in total. The molecule has 0 atom stereocenters. The number of Topliss-reactive ketones (excluding diaryl/α,β-unsaturated/α-hetero) is 1. The summed E-state index contributed by atoms with van der Waals surface area (Å²) >= 11 is 6.02. The number of halogens is 2. The van der Waals surface area contributed by atoms with Gasteiger partial charge in [-0.2, -0.15) is 0 Å². The van der Waals surface area contributed by atoms with E-state index in [1.54, 1.807) is 30.3 Å². The Labute approximate surface area is 128 Å². The Balaban J connectivity index is 1.94. The van der Waals surface area contributed by atoms with E-state index in [9.17, 15) is 9.18 Å². The average molecular weight is 307 g/mol. The summed E-state index contributed by atoms with van der Waals surface area (Å²) in [7, 11) is 0. The van der Waals surface area contributed by atoms with Gasteiger partial charge < -0.3 is 4.74 Å². The van der Waals surface area contributed by atoms with E-state index in [0.29, 0.717) is 16.3 Å². The fraction of sp³-hybridized carbons (Fsp3) is 0.235. The second-order valence-electron chi connectivity index (χ2n) is 4.70. The number of carbonyl (C=O) groups excluding carboxylic acids is 1. The first kappa shape index (κ1) is 15.5. The molecule has 0 aliphatic carbocycles. The van der Waals surface area contributed by atoms with Crippen molar-refractivity contribution >= 4 is 17.4 Å². The van der Waals surface area contributed by atoms with Crippen molar-refractivity contribution in [1.29, 1.82) is 0 Å². The highest BCUT2D eigenvalue weighted by molar-refractivity contribution is 6.31. The minimum Gasteiger partial charge on any atom is -0.486 e. The molecule has 21 heavy (non-hydrogen) atoms. The van der Waals surface area contributed by atoms with Gasteiger partial charge >= 0.3 is 0 Å².